The van der Waals surface area contributed by atoms with Gasteiger partial charge in [0.2, 0.25) is 0 Å². The van der Waals surface area contributed by atoms with Crippen LogP contribution in [0.15, 0.2) is 10.3 Å². The van der Waals surface area contributed by atoms with E-state index in [1.165, 1.54) is 0 Å². The average molecular weight is 129 g/mol. The summed E-state index contributed by atoms with van der Waals surface area (Å²) in [6, 6.07) is 0. The second-order valence-electron chi connectivity index (χ2n) is 1.34. The minimum atomic E-state index is -0.941. The van der Waals surface area contributed by atoms with Crippen LogP contribution in [0.2, 0.25) is 0 Å². The van der Waals surface area contributed by atoms with Gasteiger partial charge in [0.05, 0.1) is 0 Å². The molecular weight excluding hydrogens is 126 g/mol. The average Bonchev–Trinajstić information content (AvgIpc) is 2.15. The number of carbonyl (C=O) groups is 2. The highest BCUT2D eigenvalue weighted by atomic mass is 16.3. The van der Waals surface area contributed by atoms with Gasteiger partial charge in [-0.3, -0.25) is 9.59 Å². The smallest absolute Gasteiger partial charge is 0.356 e. The van der Waals surface area contributed by atoms with Gasteiger partial charge in [0, 0.05) is 0 Å². The van der Waals surface area contributed by atoms with Gasteiger partial charge >= 0.3 is 11.8 Å². The van der Waals surface area contributed by atoms with Gasteiger partial charge in [-0.1, -0.05) is 10.3 Å². The van der Waals surface area contributed by atoms with Crippen molar-refractivity contribution in [3.05, 3.63) is 0 Å². The summed E-state index contributed by atoms with van der Waals surface area (Å²) in [5.41, 5.74) is 0. The third kappa shape index (κ3) is 0.789. The molecule has 1 aliphatic heterocycles. The topological polar surface area (TPSA) is 82.3 Å². The van der Waals surface area contributed by atoms with Gasteiger partial charge in [0.25, 0.3) is 0 Å². The van der Waals surface area contributed by atoms with Gasteiger partial charge in [0.15, 0.2) is 0 Å². The van der Waals surface area contributed by atoms with Crippen molar-refractivity contribution >= 4 is 11.8 Å². The third-order valence-electron chi connectivity index (χ3n) is 0.795. The van der Waals surface area contributed by atoms with Crippen molar-refractivity contribution in [2.24, 2.45) is 10.3 Å². The van der Waals surface area contributed by atoms with Crippen LogP contribution in [0.3, 0.4) is 0 Å². The van der Waals surface area contributed by atoms with Crippen molar-refractivity contribution in [1.82, 2.24) is 5.01 Å². The molecule has 0 aromatic carbocycles. The van der Waals surface area contributed by atoms with Gasteiger partial charge < -0.3 is 5.11 Å². The van der Waals surface area contributed by atoms with Crippen LogP contribution in [-0.2, 0) is 9.59 Å². The fourth-order valence-electron chi connectivity index (χ4n) is 0.381. The Morgan fingerprint density at radius 3 is 2.44 bits per heavy atom. The van der Waals surface area contributed by atoms with Gasteiger partial charge in [0.1, 0.15) is 6.73 Å². The number of aliphatic hydroxyl groups excluding tert-OH is 1. The summed E-state index contributed by atoms with van der Waals surface area (Å²) in [7, 11) is 0. The Bertz CT molecular complexity index is 187. The van der Waals surface area contributed by atoms with Crippen molar-refractivity contribution in [2.75, 3.05) is 6.73 Å². The summed E-state index contributed by atoms with van der Waals surface area (Å²) in [6.45, 7) is -0.603. The molecule has 6 nitrogen and oxygen atoms in total. The lowest BCUT2D eigenvalue weighted by molar-refractivity contribution is -0.143. The van der Waals surface area contributed by atoms with Crippen LogP contribution in [0.1, 0.15) is 0 Å². The lowest BCUT2D eigenvalue weighted by Gasteiger charge is -2.00. The number of rotatable bonds is 1. The highest BCUT2D eigenvalue weighted by Crippen LogP contribution is 2.00. The van der Waals surface area contributed by atoms with Crippen molar-refractivity contribution < 1.29 is 14.7 Å². The molecule has 0 bridgehead atoms. The van der Waals surface area contributed by atoms with Crippen LogP contribution in [0.5, 0.6) is 0 Å². The lowest BCUT2D eigenvalue weighted by Crippen LogP contribution is -2.26. The molecule has 6 heteroatoms. The number of aliphatic hydroxyl groups is 1. The standard InChI is InChI=1S/C3H3N3O3/c7-1-6-3(9)2(8)4-5-6/h7H,1H2. The Morgan fingerprint density at radius 2 is 2.22 bits per heavy atom. The zero-order chi connectivity index (χ0) is 6.85. The number of nitrogens with zero attached hydrogens (tertiary/aromatic N) is 3. The molecule has 0 aromatic heterocycles. The van der Waals surface area contributed by atoms with Crippen LogP contribution < -0.4 is 0 Å². The molecule has 0 atom stereocenters. The highest BCUT2D eigenvalue weighted by molar-refractivity contribution is 6.36. The zero-order valence-electron chi connectivity index (χ0n) is 4.31. The van der Waals surface area contributed by atoms with E-state index < -0.39 is 18.5 Å². The largest absolute Gasteiger partial charge is 0.374 e. The second-order valence-corrected chi connectivity index (χ2v) is 1.34. The number of amides is 2. The van der Waals surface area contributed by atoms with E-state index in [0.717, 1.165) is 0 Å². The normalized spacial score (nSPS) is 17.7. The highest BCUT2D eigenvalue weighted by Gasteiger charge is 2.26. The van der Waals surface area contributed by atoms with E-state index in [1.807, 2.05) is 0 Å². The Labute approximate surface area is 49.8 Å². The number of hydrogen-bond donors (Lipinski definition) is 1. The molecule has 2 amide bonds. The monoisotopic (exact) mass is 129 g/mol. The molecule has 0 unspecified atom stereocenters. The summed E-state index contributed by atoms with van der Waals surface area (Å²) >= 11 is 0. The molecule has 1 heterocycles. The summed E-state index contributed by atoms with van der Waals surface area (Å²) in [5, 5.41) is 14.7. The van der Waals surface area contributed by atoms with E-state index in [2.05, 4.69) is 10.3 Å². The zero-order valence-corrected chi connectivity index (χ0v) is 4.31. The van der Waals surface area contributed by atoms with Gasteiger partial charge in [-0.2, -0.15) is 5.01 Å². The van der Waals surface area contributed by atoms with Gasteiger partial charge in [-0.05, 0) is 0 Å². The maximum atomic E-state index is 10.4. The minimum Gasteiger partial charge on any atom is -0.374 e. The first-order valence-electron chi connectivity index (χ1n) is 2.14. The van der Waals surface area contributed by atoms with Crippen molar-refractivity contribution in [1.29, 1.82) is 0 Å². The molecule has 9 heavy (non-hydrogen) atoms. The second kappa shape index (κ2) is 1.90. The SMILES string of the molecule is O=C1N=NN(CO)C1=O. The first-order chi connectivity index (χ1) is 4.25. The van der Waals surface area contributed by atoms with Crippen molar-refractivity contribution in [3.8, 4) is 0 Å². The fraction of sp³-hybridized carbons (Fsp3) is 0.333. The molecule has 0 fully saturated rings. The van der Waals surface area contributed by atoms with Crippen LogP contribution in [-0.4, -0.2) is 28.7 Å². The van der Waals surface area contributed by atoms with E-state index in [1.54, 1.807) is 0 Å². The first-order valence-corrected chi connectivity index (χ1v) is 2.14. The summed E-state index contributed by atoms with van der Waals surface area (Å²) in [4.78, 5) is 20.5. The molecule has 0 saturated carbocycles. The summed E-state index contributed by atoms with van der Waals surface area (Å²) in [6.07, 6.45) is 0. The van der Waals surface area contributed by atoms with Gasteiger partial charge in [-0.25, -0.2) is 0 Å². The third-order valence-corrected chi connectivity index (χ3v) is 0.795. The molecule has 0 aromatic rings. The van der Waals surface area contributed by atoms with Crippen molar-refractivity contribution in [2.45, 2.75) is 0 Å². The Balaban J connectivity index is 2.73. The molecule has 1 aliphatic rings. The Morgan fingerprint density at radius 1 is 1.56 bits per heavy atom. The molecule has 0 spiro atoms. The molecule has 1 N–H and O–H groups in total. The van der Waals surface area contributed by atoms with E-state index >= 15 is 0 Å². The number of carbonyl (C=O) groups excluding carboxylic acids is 2. The predicted octanol–water partition coefficient (Wildman–Crippen LogP) is -1.33. The quantitative estimate of drug-likeness (QED) is 0.445. The summed E-state index contributed by atoms with van der Waals surface area (Å²) in [5.74, 6) is -1.83. The van der Waals surface area contributed by atoms with Crippen LogP contribution >= 0.6 is 0 Å². The fourth-order valence-corrected chi connectivity index (χ4v) is 0.381. The molecule has 0 saturated heterocycles. The minimum absolute atomic E-state index is 0.572. The Hall–Kier alpha value is -1.30. The molecular formula is C3H3N3O3. The molecule has 1 rings (SSSR count). The Kier molecular flexibility index (Phi) is 1.23. The van der Waals surface area contributed by atoms with Crippen LogP contribution in [0.4, 0.5) is 0 Å². The number of hydrogen-bond acceptors (Lipinski definition) is 4. The van der Waals surface area contributed by atoms with E-state index in [0.29, 0.717) is 5.01 Å². The van der Waals surface area contributed by atoms with E-state index in [-0.39, 0.29) is 0 Å². The van der Waals surface area contributed by atoms with Gasteiger partial charge in [-0.15, -0.1) is 0 Å². The maximum absolute atomic E-state index is 10.4. The van der Waals surface area contributed by atoms with Crippen molar-refractivity contribution in [3.63, 3.8) is 0 Å². The summed E-state index contributed by atoms with van der Waals surface area (Å²) < 4.78 is 0. The van der Waals surface area contributed by atoms with E-state index in [4.69, 9.17) is 5.11 Å². The maximum Gasteiger partial charge on any atom is 0.356 e. The molecule has 0 radical (unpaired) electrons. The molecule has 48 valence electrons. The van der Waals surface area contributed by atoms with Crippen LogP contribution in [0, 0.1) is 0 Å². The molecule has 0 aliphatic carbocycles. The van der Waals surface area contributed by atoms with Crippen LogP contribution in [0.25, 0.3) is 0 Å². The predicted molar refractivity (Wildman–Crippen MR) is 23.8 cm³/mol. The lowest BCUT2D eigenvalue weighted by atomic mass is 10.6. The van der Waals surface area contributed by atoms with E-state index in [9.17, 15) is 9.59 Å². The first kappa shape index (κ1) is 5.83.